The fourth-order valence-electron chi connectivity index (χ4n) is 2.12. The molecule has 3 nitrogen and oxygen atoms in total. The molecule has 0 unspecified atom stereocenters. The van der Waals surface area contributed by atoms with E-state index in [2.05, 4.69) is 5.16 Å². The van der Waals surface area contributed by atoms with Crippen LogP contribution in [-0.2, 0) is 6.42 Å². The number of fused-ring (bicyclic) bond motifs is 1. The minimum absolute atomic E-state index is 0.0619. The van der Waals surface area contributed by atoms with Gasteiger partial charge in [-0.1, -0.05) is 5.16 Å². The van der Waals surface area contributed by atoms with Crippen molar-refractivity contribution in [3.05, 3.63) is 41.4 Å². The molecule has 0 atom stereocenters. The normalized spacial score (nSPS) is 14.8. The Balaban J connectivity index is 2.12. The van der Waals surface area contributed by atoms with Gasteiger partial charge in [0.15, 0.2) is 5.78 Å². The van der Waals surface area contributed by atoms with E-state index in [0.717, 1.165) is 12.8 Å². The van der Waals surface area contributed by atoms with E-state index in [4.69, 9.17) is 4.52 Å². The van der Waals surface area contributed by atoms with E-state index in [1.54, 1.807) is 12.1 Å². The van der Waals surface area contributed by atoms with Crippen molar-refractivity contribution in [1.82, 2.24) is 5.16 Å². The Morgan fingerprint density at radius 1 is 1.18 bits per heavy atom. The molecule has 0 bridgehead atoms. The Bertz CT molecular complexity index is 572. The summed E-state index contributed by atoms with van der Waals surface area (Å²) in [5.74, 6) is 0.407. The number of ketones is 1. The monoisotopic (exact) mass is 231 g/mol. The maximum absolute atomic E-state index is 12.8. The first kappa shape index (κ1) is 10.2. The highest BCUT2D eigenvalue weighted by molar-refractivity contribution is 6.03. The van der Waals surface area contributed by atoms with E-state index in [1.165, 1.54) is 12.1 Å². The lowest BCUT2D eigenvalue weighted by Crippen LogP contribution is -2.09. The Hall–Kier alpha value is -1.97. The fourth-order valence-corrected chi connectivity index (χ4v) is 2.12. The maximum Gasteiger partial charge on any atom is 0.168 e. The molecule has 0 amide bonds. The molecule has 3 rings (SSSR count). The highest BCUT2D eigenvalue weighted by atomic mass is 19.1. The second-order valence-corrected chi connectivity index (χ2v) is 4.11. The predicted octanol–water partition coefficient (Wildman–Crippen LogP) is 3.00. The average Bonchev–Trinajstić information content (AvgIpc) is 2.75. The van der Waals surface area contributed by atoms with Crippen molar-refractivity contribution in [3.8, 4) is 11.3 Å². The van der Waals surface area contributed by atoms with Gasteiger partial charge in [-0.2, -0.15) is 0 Å². The van der Waals surface area contributed by atoms with Crippen LogP contribution in [0.15, 0.2) is 28.8 Å². The molecule has 4 heteroatoms. The summed E-state index contributed by atoms with van der Waals surface area (Å²) < 4.78 is 18.0. The number of hydrogen-bond donors (Lipinski definition) is 0. The quantitative estimate of drug-likeness (QED) is 0.757. The van der Waals surface area contributed by atoms with Crippen LogP contribution in [0.25, 0.3) is 11.3 Å². The number of halogens is 1. The second kappa shape index (κ2) is 3.80. The molecular formula is C13H10FNO2. The van der Waals surface area contributed by atoms with Crippen LogP contribution in [0.4, 0.5) is 4.39 Å². The smallest absolute Gasteiger partial charge is 0.168 e. The fraction of sp³-hybridized carbons (Fsp3) is 0.231. The summed E-state index contributed by atoms with van der Waals surface area (Å²) in [5, 5.41) is 3.93. The first-order chi connectivity index (χ1) is 8.25. The van der Waals surface area contributed by atoms with E-state index in [9.17, 15) is 9.18 Å². The van der Waals surface area contributed by atoms with Gasteiger partial charge < -0.3 is 4.52 Å². The minimum Gasteiger partial charge on any atom is -0.360 e. The van der Waals surface area contributed by atoms with Gasteiger partial charge in [0.25, 0.3) is 0 Å². The van der Waals surface area contributed by atoms with Crippen molar-refractivity contribution in [1.29, 1.82) is 0 Å². The van der Waals surface area contributed by atoms with Crippen LogP contribution in [0, 0.1) is 5.82 Å². The largest absolute Gasteiger partial charge is 0.360 e. The van der Waals surface area contributed by atoms with Crippen molar-refractivity contribution in [2.24, 2.45) is 0 Å². The van der Waals surface area contributed by atoms with Crippen LogP contribution >= 0.6 is 0 Å². The SMILES string of the molecule is O=C1CCCc2onc(-c3ccc(F)cc3)c21. The number of rotatable bonds is 1. The highest BCUT2D eigenvalue weighted by Gasteiger charge is 2.26. The van der Waals surface area contributed by atoms with Gasteiger partial charge in [0.2, 0.25) is 0 Å². The summed E-state index contributed by atoms with van der Waals surface area (Å²) in [6, 6.07) is 5.91. The number of aromatic nitrogens is 1. The highest BCUT2D eigenvalue weighted by Crippen LogP contribution is 2.30. The maximum atomic E-state index is 12.8. The summed E-state index contributed by atoms with van der Waals surface area (Å²) in [6.07, 6.45) is 2.08. The summed E-state index contributed by atoms with van der Waals surface area (Å²) in [7, 11) is 0. The zero-order valence-electron chi connectivity index (χ0n) is 9.07. The number of benzene rings is 1. The topological polar surface area (TPSA) is 43.1 Å². The van der Waals surface area contributed by atoms with Gasteiger partial charge in [0.1, 0.15) is 17.3 Å². The molecule has 1 aliphatic rings. The molecule has 1 heterocycles. The van der Waals surface area contributed by atoms with Crippen LogP contribution in [0.3, 0.4) is 0 Å². The zero-order chi connectivity index (χ0) is 11.8. The van der Waals surface area contributed by atoms with Crippen molar-refractivity contribution < 1.29 is 13.7 Å². The molecule has 1 aromatic carbocycles. The van der Waals surface area contributed by atoms with Gasteiger partial charge in [-0.3, -0.25) is 4.79 Å². The second-order valence-electron chi connectivity index (χ2n) is 4.11. The molecule has 0 radical (unpaired) electrons. The standard InChI is InChI=1S/C13H10FNO2/c14-9-6-4-8(5-7-9)13-12-10(16)2-1-3-11(12)17-15-13/h4-7H,1-3H2. The van der Waals surface area contributed by atoms with E-state index in [-0.39, 0.29) is 11.6 Å². The third-order valence-electron chi connectivity index (χ3n) is 2.97. The number of nitrogens with zero attached hydrogens (tertiary/aromatic N) is 1. The zero-order valence-corrected chi connectivity index (χ0v) is 9.07. The first-order valence-electron chi connectivity index (χ1n) is 5.53. The van der Waals surface area contributed by atoms with Crippen LogP contribution in [0.2, 0.25) is 0 Å². The summed E-state index contributed by atoms with van der Waals surface area (Å²) in [4.78, 5) is 11.8. The van der Waals surface area contributed by atoms with Crippen LogP contribution in [0.5, 0.6) is 0 Å². The summed E-state index contributed by atoms with van der Waals surface area (Å²) >= 11 is 0. The molecule has 0 N–H and O–H groups in total. The lowest BCUT2D eigenvalue weighted by atomic mass is 9.93. The Kier molecular flexibility index (Phi) is 2.28. The van der Waals surface area contributed by atoms with E-state index >= 15 is 0 Å². The molecular weight excluding hydrogens is 221 g/mol. The van der Waals surface area contributed by atoms with Gasteiger partial charge in [-0.15, -0.1) is 0 Å². The third-order valence-corrected chi connectivity index (χ3v) is 2.97. The van der Waals surface area contributed by atoms with Crippen molar-refractivity contribution in [3.63, 3.8) is 0 Å². The summed E-state index contributed by atoms with van der Waals surface area (Å²) in [5.41, 5.74) is 1.82. The minimum atomic E-state index is -0.308. The number of aryl methyl sites for hydroxylation is 1. The predicted molar refractivity (Wildman–Crippen MR) is 59.2 cm³/mol. The molecule has 1 aromatic heterocycles. The number of Topliss-reactive ketones (excluding diaryl/α,β-unsaturated/α-hetero) is 1. The first-order valence-corrected chi connectivity index (χ1v) is 5.53. The molecule has 0 saturated heterocycles. The summed E-state index contributed by atoms with van der Waals surface area (Å²) in [6.45, 7) is 0. The van der Waals surface area contributed by atoms with Gasteiger partial charge in [0.05, 0.1) is 5.56 Å². The molecule has 86 valence electrons. The lowest BCUT2D eigenvalue weighted by molar-refractivity contribution is 0.0969. The Labute approximate surface area is 97.2 Å². The van der Waals surface area contributed by atoms with E-state index < -0.39 is 0 Å². The third kappa shape index (κ3) is 1.65. The number of hydrogen-bond acceptors (Lipinski definition) is 3. The molecule has 17 heavy (non-hydrogen) atoms. The van der Waals surface area contributed by atoms with Crippen molar-refractivity contribution >= 4 is 5.78 Å². The molecule has 1 aliphatic carbocycles. The van der Waals surface area contributed by atoms with Gasteiger partial charge in [-0.25, -0.2) is 4.39 Å². The molecule has 2 aromatic rings. The van der Waals surface area contributed by atoms with Crippen molar-refractivity contribution in [2.75, 3.05) is 0 Å². The van der Waals surface area contributed by atoms with E-state index in [0.29, 0.717) is 29.0 Å². The average molecular weight is 231 g/mol. The van der Waals surface area contributed by atoms with E-state index in [1.807, 2.05) is 0 Å². The number of carbonyl (C=O) groups excluding carboxylic acids is 1. The van der Waals surface area contributed by atoms with Crippen molar-refractivity contribution in [2.45, 2.75) is 19.3 Å². The Morgan fingerprint density at radius 2 is 1.94 bits per heavy atom. The van der Waals surface area contributed by atoms with Crippen LogP contribution in [0.1, 0.15) is 29.0 Å². The molecule has 0 spiro atoms. The van der Waals surface area contributed by atoms with Gasteiger partial charge >= 0.3 is 0 Å². The van der Waals surface area contributed by atoms with Crippen LogP contribution in [-0.4, -0.2) is 10.9 Å². The van der Waals surface area contributed by atoms with Gasteiger partial charge in [-0.05, 0) is 30.7 Å². The lowest BCUT2D eigenvalue weighted by Gasteiger charge is -2.08. The molecule has 0 saturated carbocycles. The van der Waals surface area contributed by atoms with Gasteiger partial charge in [0, 0.05) is 18.4 Å². The molecule has 0 aliphatic heterocycles. The Morgan fingerprint density at radius 3 is 2.71 bits per heavy atom. The van der Waals surface area contributed by atoms with Crippen LogP contribution < -0.4 is 0 Å². The number of carbonyl (C=O) groups is 1. The molecule has 0 fully saturated rings.